The number of aromatic nitrogens is 2. The lowest BCUT2D eigenvalue weighted by Crippen LogP contribution is -2.22. The lowest BCUT2D eigenvalue weighted by molar-refractivity contribution is -0.139. The monoisotopic (exact) mass is 261 g/mol. The van der Waals surface area contributed by atoms with Gasteiger partial charge in [0.05, 0.1) is 23.8 Å². The third-order valence-corrected chi connectivity index (χ3v) is 2.92. The van der Waals surface area contributed by atoms with E-state index in [1.54, 1.807) is 25.4 Å². The van der Waals surface area contributed by atoms with E-state index in [2.05, 4.69) is 10.3 Å². The molecule has 2 rings (SSSR count). The molecule has 19 heavy (non-hydrogen) atoms. The van der Waals surface area contributed by atoms with Crippen molar-refractivity contribution in [1.82, 2.24) is 9.55 Å². The zero-order chi connectivity index (χ0) is 14.0. The number of imidazole rings is 1. The van der Waals surface area contributed by atoms with Crippen molar-refractivity contribution in [3.8, 4) is 0 Å². The van der Waals surface area contributed by atoms with Gasteiger partial charge in [-0.05, 0) is 18.2 Å². The van der Waals surface area contributed by atoms with Gasteiger partial charge in [-0.3, -0.25) is 9.59 Å². The van der Waals surface area contributed by atoms with Crippen molar-refractivity contribution < 1.29 is 14.7 Å². The summed E-state index contributed by atoms with van der Waals surface area (Å²) in [4.78, 5) is 26.5. The van der Waals surface area contributed by atoms with Gasteiger partial charge < -0.3 is 15.0 Å². The topological polar surface area (TPSA) is 84.2 Å². The summed E-state index contributed by atoms with van der Waals surface area (Å²) in [5.41, 5.74) is 2.37. The number of aryl methyl sites for hydroxylation is 1. The van der Waals surface area contributed by atoms with Gasteiger partial charge in [-0.2, -0.15) is 0 Å². The quantitative estimate of drug-likeness (QED) is 0.876. The van der Waals surface area contributed by atoms with E-state index >= 15 is 0 Å². The van der Waals surface area contributed by atoms with Crippen LogP contribution >= 0.6 is 0 Å². The number of nitrogens with one attached hydrogen (secondary N) is 1. The smallest absolute Gasteiger partial charge is 0.304 e. The molecule has 0 spiro atoms. The summed E-state index contributed by atoms with van der Waals surface area (Å²) in [5.74, 6) is -1.86. The number of benzene rings is 1. The number of carboxylic acids is 1. The van der Waals surface area contributed by atoms with E-state index < -0.39 is 11.9 Å². The molecule has 0 saturated heterocycles. The molecule has 0 saturated carbocycles. The molecule has 1 aromatic carbocycles. The van der Waals surface area contributed by atoms with Crippen LogP contribution in [0.5, 0.6) is 0 Å². The van der Waals surface area contributed by atoms with Crippen LogP contribution in [0.4, 0.5) is 5.69 Å². The number of rotatable bonds is 4. The van der Waals surface area contributed by atoms with Gasteiger partial charge in [-0.1, -0.05) is 6.92 Å². The number of carbonyl (C=O) groups is 2. The van der Waals surface area contributed by atoms with E-state index in [1.807, 2.05) is 17.7 Å². The van der Waals surface area contributed by atoms with Crippen LogP contribution in [0.3, 0.4) is 0 Å². The summed E-state index contributed by atoms with van der Waals surface area (Å²) < 4.78 is 1.88. The van der Waals surface area contributed by atoms with Crippen LogP contribution in [-0.4, -0.2) is 26.5 Å². The van der Waals surface area contributed by atoms with E-state index in [4.69, 9.17) is 5.11 Å². The number of carbonyl (C=O) groups excluding carboxylic acids is 1. The van der Waals surface area contributed by atoms with Crippen LogP contribution in [0, 0.1) is 5.92 Å². The molecule has 0 aliphatic rings. The highest BCUT2D eigenvalue weighted by molar-refractivity contribution is 5.95. The molecule has 1 aromatic heterocycles. The standard InChI is InChI=1S/C13H15N3O3/c1-8(5-12(17)18)13(19)15-9-3-4-11-10(6-9)14-7-16(11)2/h3-4,6-8H,5H2,1-2H3,(H,15,19)(H,17,18). The minimum absolute atomic E-state index is 0.183. The molecule has 0 radical (unpaired) electrons. The molecule has 1 amide bonds. The Labute approximate surface area is 110 Å². The van der Waals surface area contributed by atoms with Crippen molar-refractivity contribution in [1.29, 1.82) is 0 Å². The van der Waals surface area contributed by atoms with Crippen molar-refractivity contribution in [3.63, 3.8) is 0 Å². The van der Waals surface area contributed by atoms with Crippen molar-refractivity contribution in [2.75, 3.05) is 5.32 Å². The second-order valence-electron chi connectivity index (χ2n) is 4.55. The molecular formula is C13H15N3O3. The van der Waals surface area contributed by atoms with E-state index in [0.717, 1.165) is 11.0 Å². The molecule has 1 heterocycles. The summed E-state index contributed by atoms with van der Waals surface area (Å²) in [6.07, 6.45) is 1.51. The number of carboxylic acid groups (broad SMARTS) is 1. The van der Waals surface area contributed by atoms with Gasteiger partial charge in [0.2, 0.25) is 5.91 Å². The highest BCUT2D eigenvalue weighted by Gasteiger charge is 2.16. The predicted octanol–water partition coefficient (Wildman–Crippen LogP) is 1.62. The van der Waals surface area contributed by atoms with Gasteiger partial charge in [0.15, 0.2) is 0 Å². The zero-order valence-electron chi connectivity index (χ0n) is 10.8. The summed E-state index contributed by atoms with van der Waals surface area (Å²) in [6, 6.07) is 5.40. The Morgan fingerprint density at radius 3 is 2.89 bits per heavy atom. The van der Waals surface area contributed by atoms with Crippen LogP contribution in [0.1, 0.15) is 13.3 Å². The van der Waals surface area contributed by atoms with Crippen molar-refractivity contribution in [3.05, 3.63) is 24.5 Å². The minimum Gasteiger partial charge on any atom is -0.481 e. The average molecular weight is 261 g/mol. The summed E-state index contributed by atoms with van der Waals surface area (Å²) in [5, 5.41) is 11.3. The first-order valence-corrected chi connectivity index (χ1v) is 5.91. The fourth-order valence-electron chi connectivity index (χ4n) is 1.83. The lowest BCUT2D eigenvalue weighted by atomic mass is 10.1. The third-order valence-electron chi connectivity index (χ3n) is 2.92. The Bertz CT molecular complexity index is 633. The lowest BCUT2D eigenvalue weighted by Gasteiger charge is -2.10. The fourth-order valence-corrected chi connectivity index (χ4v) is 1.83. The minimum atomic E-state index is -0.983. The first-order chi connectivity index (χ1) is 8.97. The van der Waals surface area contributed by atoms with Gasteiger partial charge in [-0.25, -0.2) is 4.98 Å². The van der Waals surface area contributed by atoms with Gasteiger partial charge in [-0.15, -0.1) is 0 Å². The molecule has 0 aliphatic heterocycles. The molecule has 1 atom stereocenters. The second kappa shape index (κ2) is 5.09. The zero-order valence-corrected chi connectivity index (χ0v) is 10.8. The van der Waals surface area contributed by atoms with Crippen LogP contribution in [0.25, 0.3) is 11.0 Å². The Balaban J connectivity index is 2.12. The molecule has 0 bridgehead atoms. The number of anilines is 1. The maximum Gasteiger partial charge on any atom is 0.304 e. The number of hydrogen-bond acceptors (Lipinski definition) is 3. The summed E-state index contributed by atoms with van der Waals surface area (Å²) in [6.45, 7) is 1.59. The average Bonchev–Trinajstić information content (AvgIpc) is 2.70. The molecular weight excluding hydrogens is 246 g/mol. The molecule has 0 fully saturated rings. The summed E-state index contributed by atoms with van der Waals surface area (Å²) in [7, 11) is 1.89. The van der Waals surface area contributed by atoms with Crippen LogP contribution in [0.2, 0.25) is 0 Å². The van der Waals surface area contributed by atoms with Crippen molar-refractivity contribution in [2.24, 2.45) is 13.0 Å². The van der Waals surface area contributed by atoms with E-state index in [1.165, 1.54) is 0 Å². The predicted molar refractivity (Wildman–Crippen MR) is 70.8 cm³/mol. The van der Waals surface area contributed by atoms with Gasteiger partial charge in [0, 0.05) is 18.7 Å². The van der Waals surface area contributed by atoms with E-state index in [0.29, 0.717) is 5.69 Å². The van der Waals surface area contributed by atoms with Crippen LogP contribution in [-0.2, 0) is 16.6 Å². The van der Waals surface area contributed by atoms with Gasteiger partial charge in [0.25, 0.3) is 0 Å². The molecule has 100 valence electrons. The largest absolute Gasteiger partial charge is 0.481 e. The molecule has 1 unspecified atom stereocenters. The highest BCUT2D eigenvalue weighted by atomic mass is 16.4. The Morgan fingerprint density at radius 1 is 1.47 bits per heavy atom. The normalized spacial score (nSPS) is 12.3. The maximum absolute atomic E-state index is 11.8. The number of hydrogen-bond donors (Lipinski definition) is 2. The number of amides is 1. The third kappa shape index (κ3) is 2.90. The van der Waals surface area contributed by atoms with Crippen molar-refractivity contribution >= 4 is 28.6 Å². The Kier molecular flexibility index (Phi) is 3.50. The van der Waals surface area contributed by atoms with Crippen molar-refractivity contribution in [2.45, 2.75) is 13.3 Å². The maximum atomic E-state index is 11.8. The fraction of sp³-hybridized carbons (Fsp3) is 0.308. The number of fused-ring (bicyclic) bond motifs is 1. The Hall–Kier alpha value is -2.37. The van der Waals surface area contributed by atoms with Crippen LogP contribution < -0.4 is 5.32 Å². The van der Waals surface area contributed by atoms with Crippen LogP contribution in [0.15, 0.2) is 24.5 Å². The first-order valence-electron chi connectivity index (χ1n) is 5.91. The molecule has 2 aromatic rings. The Morgan fingerprint density at radius 2 is 2.21 bits per heavy atom. The summed E-state index contributed by atoms with van der Waals surface area (Å²) >= 11 is 0. The number of aliphatic carboxylic acids is 1. The van der Waals surface area contributed by atoms with E-state index in [9.17, 15) is 9.59 Å². The number of nitrogens with zero attached hydrogens (tertiary/aromatic N) is 2. The SMILES string of the molecule is CC(CC(=O)O)C(=O)Nc1ccc2c(c1)ncn2C. The molecule has 0 aliphatic carbocycles. The molecule has 6 nitrogen and oxygen atoms in total. The van der Waals surface area contributed by atoms with Gasteiger partial charge >= 0.3 is 5.97 Å². The molecule has 6 heteroatoms. The molecule has 2 N–H and O–H groups in total. The second-order valence-corrected chi connectivity index (χ2v) is 4.55. The van der Waals surface area contributed by atoms with Gasteiger partial charge in [0.1, 0.15) is 0 Å². The first kappa shape index (κ1) is 13.1. The highest BCUT2D eigenvalue weighted by Crippen LogP contribution is 2.18. The van der Waals surface area contributed by atoms with E-state index in [-0.39, 0.29) is 12.3 Å².